The Bertz CT molecular complexity index is 585. The summed E-state index contributed by atoms with van der Waals surface area (Å²) < 4.78 is 1.53. The molecule has 0 atom stereocenters. The van der Waals surface area contributed by atoms with Crippen molar-refractivity contribution >= 4 is 12.1 Å². The fourth-order valence-electron chi connectivity index (χ4n) is 1.95. The average molecular weight is 229 g/mol. The Hall–Kier alpha value is -2.10. The Labute approximate surface area is 100 Å². The maximum atomic E-state index is 11.1. The second-order valence-corrected chi connectivity index (χ2v) is 4.21. The van der Waals surface area contributed by atoms with Crippen LogP contribution in [0.15, 0.2) is 18.2 Å². The van der Waals surface area contributed by atoms with E-state index in [0.29, 0.717) is 17.1 Å². The van der Waals surface area contributed by atoms with Crippen molar-refractivity contribution in [1.29, 1.82) is 0 Å². The molecule has 0 aliphatic heterocycles. The van der Waals surface area contributed by atoms with Crippen LogP contribution in [0.5, 0.6) is 0 Å². The lowest BCUT2D eigenvalue weighted by Gasteiger charge is -2.04. The number of rotatable bonds is 2. The maximum Gasteiger partial charge on any atom is 0.156 e. The summed E-state index contributed by atoms with van der Waals surface area (Å²) in [7, 11) is 1.73. The molecule has 0 amide bonds. The first-order chi connectivity index (χ1) is 8.04. The van der Waals surface area contributed by atoms with Crippen molar-refractivity contribution in [3.8, 4) is 11.3 Å². The van der Waals surface area contributed by atoms with E-state index in [1.165, 1.54) is 10.2 Å². The first kappa shape index (κ1) is 11.4. The van der Waals surface area contributed by atoms with Crippen molar-refractivity contribution in [1.82, 2.24) is 9.78 Å². The quantitative estimate of drug-likeness (QED) is 0.802. The summed E-state index contributed by atoms with van der Waals surface area (Å²) in [5, 5.41) is 4.30. The standard InChI is InChI=1S/C13H15N3O/c1-8-4-5-10(9(2)6-8)12-11(7-17)13(14)16(3)15-12/h4-7H,14H2,1-3H3. The molecule has 0 bridgehead atoms. The van der Waals surface area contributed by atoms with Crippen molar-refractivity contribution in [2.24, 2.45) is 7.05 Å². The molecule has 0 saturated carbocycles. The second-order valence-electron chi connectivity index (χ2n) is 4.21. The van der Waals surface area contributed by atoms with Crippen molar-refractivity contribution in [2.75, 3.05) is 5.73 Å². The summed E-state index contributed by atoms with van der Waals surface area (Å²) in [6.07, 6.45) is 0.761. The number of benzene rings is 1. The third-order valence-corrected chi connectivity index (χ3v) is 2.88. The highest BCUT2D eigenvalue weighted by Crippen LogP contribution is 2.28. The fraction of sp³-hybridized carbons (Fsp3) is 0.231. The number of hydrogen-bond acceptors (Lipinski definition) is 3. The summed E-state index contributed by atoms with van der Waals surface area (Å²) in [5.41, 5.74) is 10.1. The third-order valence-electron chi connectivity index (χ3n) is 2.88. The maximum absolute atomic E-state index is 11.1. The summed E-state index contributed by atoms with van der Waals surface area (Å²) in [6, 6.07) is 6.04. The number of nitrogen functional groups attached to an aromatic ring is 1. The Morgan fingerprint density at radius 2 is 2.06 bits per heavy atom. The third kappa shape index (κ3) is 1.82. The summed E-state index contributed by atoms with van der Waals surface area (Å²) in [4.78, 5) is 11.1. The number of anilines is 1. The monoisotopic (exact) mass is 229 g/mol. The number of aldehydes is 1. The minimum atomic E-state index is 0.398. The molecule has 0 spiro atoms. The van der Waals surface area contributed by atoms with E-state index in [-0.39, 0.29) is 0 Å². The molecule has 1 aromatic heterocycles. The van der Waals surface area contributed by atoms with Crippen LogP contribution in [0.2, 0.25) is 0 Å². The first-order valence-corrected chi connectivity index (χ1v) is 5.40. The smallest absolute Gasteiger partial charge is 0.156 e. The van der Waals surface area contributed by atoms with E-state index in [0.717, 1.165) is 17.4 Å². The highest BCUT2D eigenvalue weighted by molar-refractivity contribution is 5.92. The Balaban J connectivity index is 2.68. The number of aryl methyl sites for hydroxylation is 3. The number of hydrogen-bond donors (Lipinski definition) is 1. The lowest BCUT2D eigenvalue weighted by molar-refractivity contribution is 0.112. The molecule has 0 aliphatic carbocycles. The van der Waals surface area contributed by atoms with E-state index in [4.69, 9.17) is 5.73 Å². The topological polar surface area (TPSA) is 60.9 Å². The first-order valence-electron chi connectivity index (χ1n) is 5.40. The average Bonchev–Trinajstić information content (AvgIpc) is 2.55. The van der Waals surface area contributed by atoms with Crippen LogP contribution in [-0.4, -0.2) is 16.1 Å². The summed E-state index contributed by atoms with van der Waals surface area (Å²) in [5.74, 6) is 0.398. The minimum Gasteiger partial charge on any atom is -0.383 e. The zero-order chi connectivity index (χ0) is 12.6. The van der Waals surface area contributed by atoms with Crippen molar-refractivity contribution in [3.05, 3.63) is 34.9 Å². The van der Waals surface area contributed by atoms with E-state index in [1.807, 2.05) is 26.0 Å². The Morgan fingerprint density at radius 3 is 2.65 bits per heavy atom. The number of nitrogens with zero attached hydrogens (tertiary/aromatic N) is 2. The van der Waals surface area contributed by atoms with Gasteiger partial charge in [0.15, 0.2) is 6.29 Å². The van der Waals surface area contributed by atoms with Crippen molar-refractivity contribution < 1.29 is 4.79 Å². The van der Waals surface area contributed by atoms with Crippen molar-refractivity contribution in [2.45, 2.75) is 13.8 Å². The highest BCUT2D eigenvalue weighted by Gasteiger charge is 2.16. The van der Waals surface area contributed by atoms with Crippen LogP contribution in [0.4, 0.5) is 5.82 Å². The molecule has 0 saturated heterocycles. The number of nitrogens with two attached hydrogens (primary N) is 1. The van der Waals surface area contributed by atoms with E-state index >= 15 is 0 Å². The predicted octanol–water partition coefficient (Wildman–Crippen LogP) is 2.10. The van der Waals surface area contributed by atoms with Gasteiger partial charge in [-0.2, -0.15) is 5.10 Å². The molecule has 4 heteroatoms. The van der Waals surface area contributed by atoms with Crippen LogP contribution < -0.4 is 5.73 Å². The molecule has 1 heterocycles. The molecule has 1 aromatic carbocycles. The molecule has 0 aliphatic rings. The van der Waals surface area contributed by atoms with Crippen LogP contribution >= 0.6 is 0 Å². The number of carbonyl (C=O) groups excluding carboxylic acids is 1. The number of aromatic nitrogens is 2. The number of carbonyl (C=O) groups is 1. The van der Waals surface area contributed by atoms with Crippen LogP contribution in [-0.2, 0) is 7.05 Å². The van der Waals surface area contributed by atoms with Gasteiger partial charge in [0.2, 0.25) is 0 Å². The van der Waals surface area contributed by atoms with Gasteiger partial charge < -0.3 is 5.73 Å². The Morgan fingerprint density at radius 1 is 1.35 bits per heavy atom. The van der Waals surface area contributed by atoms with Gasteiger partial charge in [0.1, 0.15) is 11.5 Å². The van der Waals surface area contributed by atoms with Gasteiger partial charge in [0, 0.05) is 12.6 Å². The van der Waals surface area contributed by atoms with Gasteiger partial charge in [-0.15, -0.1) is 0 Å². The second kappa shape index (κ2) is 4.05. The molecule has 2 rings (SSSR count). The van der Waals surface area contributed by atoms with Gasteiger partial charge in [-0.3, -0.25) is 9.48 Å². The van der Waals surface area contributed by atoms with Crippen molar-refractivity contribution in [3.63, 3.8) is 0 Å². The lowest BCUT2D eigenvalue weighted by Crippen LogP contribution is -1.98. The molecule has 2 aromatic rings. The fourth-order valence-corrected chi connectivity index (χ4v) is 1.95. The summed E-state index contributed by atoms with van der Waals surface area (Å²) >= 11 is 0. The zero-order valence-corrected chi connectivity index (χ0v) is 10.2. The van der Waals surface area contributed by atoms with Crippen LogP contribution in [0.1, 0.15) is 21.5 Å². The van der Waals surface area contributed by atoms with Crippen LogP contribution in [0.25, 0.3) is 11.3 Å². The van der Waals surface area contributed by atoms with Gasteiger partial charge in [-0.25, -0.2) is 0 Å². The van der Waals surface area contributed by atoms with Gasteiger partial charge in [-0.1, -0.05) is 23.8 Å². The van der Waals surface area contributed by atoms with Crippen LogP contribution in [0, 0.1) is 13.8 Å². The molecule has 0 fully saturated rings. The SMILES string of the molecule is Cc1ccc(-c2nn(C)c(N)c2C=O)c(C)c1. The van der Waals surface area contributed by atoms with E-state index in [9.17, 15) is 4.79 Å². The molecule has 4 nitrogen and oxygen atoms in total. The van der Waals surface area contributed by atoms with Gasteiger partial charge in [-0.05, 0) is 19.4 Å². The molecular weight excluding hydrogens is 214 g/mol. The lowest BCUT2D eigenvalue weighted by atomic mass is 10.0. The van der Waals surface area contributed by atoms with E-state index < -0.39 is 0 Å². The normalized spacial score (nSPS) is 10.5. The molecular formula is C13H15N3O. The molecule has 0 radical (unpaired) electrons. The highest BCUT2D eigenvalue weighted by atomic mass is 16.1. The largest absolute Gasteiger partial charge is 0.383 e. The molecule has 88 valence electrons. The minimum absolute atomic E-state index is 0.398. The molecule has 2 N–H and O–H groups in total. The van der Waals surface area contributed by atoms with Gasteiger partial charge in [0.25, 0.3) is 0 Å². The molecule has 0 unspecified atom stereocenters. The van der Waals surface area contributed by atoms with Gasteiger partial charge in [0.05, 0.1) is 5.56 Å². The van der Waals surface area contributed by atoms with E-state index in [1.54, 1.807) is 7.05 Å². The van der Waals surface area contributed by atoms with E-state index in [2.05, 4.69) is 11.2 Å². The van der Waals surface area contributed by atoms with Gasteiger partial charge >= 0.3 is 0 Å². The molecule has 17 heavy (non-hydrogen) atoms. The zero-order valence-electron chi connectivity index (χ0n) is 10.2. The van der Waals surface area contributed by atoms with Crippen LogP contribution in [0.3, 0.4) is 0 Å². The summed E-state index contributed by atoms with van der Waals surface area (Å²) in [6.45, 7) is 4.03. The Kier molecular flexibility index (Phi) is 2.71. The predicted molar refractivity (Wildman–Crippen MR) is 67.9 cm³/mol.